The Kier molecular flexibility index (Phi) is 5.96. The van der Waals surface area contributed by atoms with Crippen LogP contribution in [0.5, 0.6) is 0 Å². The normalized spacial score (nSPS) is 11.8. The van der Waals surface area contributed by atoms with Crippen LogP contribution in [-0.2, 0) is 24.4 Å². The largest absolute Gasteiger partial charge is 0.464 e. The highest BCUT2D eigenvalue weighted by atomic mass is 32.2. The van der Waals surface area contributed by atoms with E-state index in [0.717, 1.165) is 22.8 Å². The zero-order valence-corrected chi connectivity index (χ0v) is 15.2. The van der Waals surface area contributed by atoms with Crippen LogP contribution >= 0.6 is 0 Å². The lowest BCUT2D eigenvalue weighted by molar-refractivity contribution is 0.274. The summed E-state index contributed by atoms with van der Waals surface area (Å²) in [6, 6.07) is 15.7. The first-order chi connectivity index (χ1) is 11.7. The smallest absolute Gasteiger partial charge is 0.313 e. The maximum atomic E-state index is 11.4. The summed E-state index contributed by atoms with van der Waals surface area (Å²) in [5.74, 6) is 0. The SMILES string of the molecule is Cc1ccc(S(=O)(=O)ONS(C)(=O)=O)cc1.c1ccc2occc2c1. The van der Waals surface area contributed by atoms with E-state index in [9.17, 15) is 16.8 Å². The maximum absolute atomic E-state index is 11.4. The van der Waals surface area contributed by atoms with E-state index in [1.165, 1.54) is 17.0 Å². The Morgan fingerprint density at radius 3 is 2.16 bits per heavy atom. The molecule has 1 aromatic heterocycles. The Morgan fingerprint density at radius 2 is 1.56 bits per heavy atom. The molecule has 0 spiro atoms. The second-order valence-corrected chi connectivity index (χ2v) is 8.42. The van der Waals surface area contributed by atoms with E-state index in [4.69, 9.17) is 4.42 Å². The third kappa shape index (κ3) is 5.98. The molecule has 0 aliphatic carbocycles. The van der Waals surface area contributed by atoms with Gasteiger partial charge in [-0.05, 0) is 31.2 Å². The number of furan rings is 1. The fraction of sp³-hybridized carbons (Fsp3) is 0.125. The molecule has 0 amide bonds. The van der Waals surface area contributed by atoms with Crippen molar-refractivity contribution in [3.05, 3.63) is 66.4 Å². The summed E-state index contributed by atoms with van der Waals surface area (Å²) in [5.41, 5.74) is 1.84. The topological polar surface area (TPSA) is 103 Å². The van der Waals surface area contributed by atoms with Crippen molar-refractivity contribution in [2.45, 2.75) is 11.8 Å². The van der Waals surface area contributed by atoms with Crippen LogP contribution < -0.4 is 4.89 Å². The first-order valence-electron chi connectivity index (χ1n) is 7.06. The van der Waals surface area contributed by atoms with Crippen LogP contribution in [0.25, 0.3) is 11.0 Å². The molecule has 1 N–H and O–H groups in total. The molecule has 0 aliphatic heterocycles. The van der Waals surface area contributed by atoms with Crippen LogP contribution in [0.4, 0.5) is 0 Å². The lowest BCUT2D eigenvalue weighted by atomic mass is 10.2. The molecule has 9 heteroatoms. The summed E-state index contributed by atoms with van der Waals surface area (Å²) in [7, 11) is -7.83. The van der Waals surface area contributed by atoms with Gasteiger partial charge in [0.2, 0.25) is 10.0 Å². The van der Waals surface area contributed by atoms with E-state index in [2.05, 4.69) is 4.28 Å². The molecule has 0 saturated carbocycles. The number of sulfonamides is 1. The first kappa shape index (κ1) is 19.1. The molecule has 7 nitrogen and oxygen atoms in total. The van der Waals surface area contributed by atoms with Gasteiger partial charge < -0.3 is 4.42 Å². The molecule has 3 rings (SSSR count). The monoisotopic (exact) mass is 383 g/mol. The molecule has 0 fully saturated rings. The second kappa shape index (κ2) is 7.79. The third-order valence-electron chi connectivity index (χ3n) is 2.97. The maximum Gasteiger partial charge on any atom is 0.313 e. The summed E-state index contributed by atoms with van der Waals surface area (Å²) in [6.45, 7) is 1.80. The van der Waals surface area contributed by atoms with Gasteiger partial charge in [-0.25, -0.2) is 8.42 Å². The van der Waals surface area contributed by atoms with Crippen LogP contribution in [-0.4, -0.2) is 23.1 Å². The molecular formula is C16H17NO6S2. The number of aryl methyl sites for hydroxylation is 1. The molecule has 0 saturated heterocycles. The second-order valence-electron chi connectivity index (χ2n) is 5.16. The van der Waals surface area contributed by atoms with Gasteiger partial charge in [0.05, 0.1) is 17.4 Å². The van der Waals surface area contributed by atoms with Gasteiger partial charge in [-0.3, -0.25) is 0 Å². The number of fused-ring (bicyclic) bond motifs is 1. The van der Waals surface area contributed by atoms with Gasteiger partial charge in [-0.2, -0.15) is 12.7 Å². The van der Waals surface area contributed by atoms with Crippen LogP contribution in [0.3, 0.4) is 0 Å². The molecule has 0 unspecified atom stereocenters. The van der Waals surface area contributed by atoms with E-state index in [1.54, 1.807) is 25.3 Å². The van der Waals surface area contributed by atoms with Crippen molar-refractivity contribution in [3.8, 4) is 0 Å². The van der Waals surface area contributed by atoms with E-state index in [1.807, 2.05) is 30.3 Å². The van der Waals surface area contributed by atoms with Crippen molar-refractivity contribution < 1.29 is 25.5 Å². The van der Waals surface area contributed by atoms with Gasteiger partial charge in [-0.1, -0.05) is 40.8 Å². The summed E-state index contributed by atoms with van der Waals surface area (Å²) in [4.78, 5) is 1.34. The lowest BCUT2D eigenvalue weighted by Gasteiger charge is -2.04. The van der Waals surface area contributed by atoms with Crippen molar-refractivity contribution >= 4 is 31.1 Å². The fourth-order valence-corrected chi connectivity index (χ4v) is 3.18. The molecule has 25 heavy (non-hydrogen) atoms. The molecule has 2 aromatic carbocycles. The molecule has 0 radical (unpaired) electrons. The highest BCUT2D eigenvalue weighted by Crippen LogP contribution is 2.13. The number of nitrogens with one attached hydrogen (secondary N) is 1. The Labute approximate surface area is 146 Å². The zero-order valence-electron chi connectivity index (χ0n) is 13.5. The van der Waals surface area contributed by atoms with E-state index >= 15 is 0 Å². The van der Waals surface area contributed by atoms with Crippen molar-refractivity contribution in [2.24, 2.45) is 0 Å². The highest BCUT2D eigenvalue weighted by Gasteiger charge is 2.17. The van der Waals surface area contributed by atoms with Gasteiger partial charge in [-0.15, -0.1) is 0 Å². The van der Waals surface area contributed by atoms with Gasteiger partial charge in [0, 0.05) is 5.39 Å². The number of hydrogen-bond acceptors (Lipinski definition) is 6. The van der Waals surface area contributed by atoms with Gasteiger partial charge in [0.25, 0.3) is 0 Å². The number of para-hydroxylation sites is 1. The minimum Gasteiger partial charge on any atom is -0.464 e. The van der Waals surface area contributed by atoms with E-state index in [0.29, 0.717) is 0 Å². The molecule has 0 bridgehead atoms. The predicted octanol–water partition coefficient (Wildman–Crippen LogP) is 2.60. The molecule has 0 aliphatic rings. The molecular weight excluding hydrogens is 366 g/mol. The highest BCUT2D eigenvalue weighted by molar-refractivity contribution is 7.90. The van der Waals surface area contributed by atoms with Gasteiger partial charge in [0.15, 0.2) is 0 Å². The minimum absolute atomic E-state index is 0.116. The van der Waals surface area contributed by atoms with Crippen LogP contribution in [0.15, 0.2) is 70.2 Å². The Balaban J connectivity index is 0.000000208. The number of benzene rings is 2. The molecule has 134 valence electrons. The molecule has 3 aromatic rings. The quantitative estimate of drug-likeness (QED) is 0.695. The minimum atomic E-state index is -4.10. The lowest BCUT2D eigenvalue weighted by Crippen LogP contribution is -2.26. The van der Waals surface area contributed by atoms with Crippen molar-refractivity contribution in [1.82, 2.24) is 4.89 Å². The summed E-state index contributed by atoms with van der Waals surface area (Å²) in [5, 5.41) is 1.16. The van der Waals surface area contributed by atoms with Crippen molar-refractivity contribution in [3.63, 3.8) is 0 Å². The Bertz CT molecular complexity index is 1010. The Hall–Kier alpha value is -2.20. The average molecular weight is 383 g/mol. The first-order valence-corrected chi connectivity index (χ1v) is 10.4. The number of hydrogen-bond donors (Lipinski definition) is 1. The zero-order chi connectivity index (χ0) is 18.5. The Morgan fingerprint density at radius 1 is 0.920 bits per heavy atom. The van der Waals surface area contributed by atoms with Crippen LogP contribution in [0.1, 0.15) is 5.56 Å². The van der Waals surface area contributed by atoms with Crippen LogP contribution in [0, 0.1) is 6.92 Å². The fourth-order valence-electron chi connectivity index (χ4n) is 1.77. The van der Waals surface area contributed by atoms with E-state index in [-0.39, 0.29) is 4.90 Å². The third-order valence-corrected chi connectivity index (χ3v) is 4.61. The predicted molar refractivity (Wildman–Crippen MR) is 93.6 cm³/mol. The standard InChI is InChI=1S/C8H11NO5S2.C8H6O/c1-7-3-5-8(6-4-7)16(12,13)14-9-15(2,10)11;1-2-4-8-7(3-1)5-6-9-8/h3-6,9H,1-2H3;1-6H. The van der Waals surface area contributed by atoms with Crippen molar-refractivity contribution in [1.29, 1.82) is 0 Å². The van der Waals surface area contributed by atoms with Crippen LogP contribution in [0.2, 0.25) is 0 Å². The summed E-state index contributed by atoms with van der Waals surface area (Å²) in [6.07, 6.45) is 2.49. The average Bonchev–Trinajstić information content (AvgIpc) is 3.02. The summed E-state index contributed by atoms with van der Waals surface area (Å²) >= 11 is 0. The van der Waals surface area contributed by atoms with E-state index < -0.39 is 20.1 Å². The molecule has 0 atom stereocenters. The number of rotatable bonds is 4. The summed E-state index contributed by atoms with van der Waals surface area (Å²) < 4.78 is 53.5. The van der Waals surface area contributed by atoms with Gasteiger partial charge in [0.1, 0.15) is 5.58 Å². The molecule has 1 heterocycles. The van der Waals surface area contributed by atoms with Gasteiger partial charge >= 0.3 is 10.1 Å². The van der Waals surface area contributed by atoms with Crippen molar-refractivity contribution in [2.75, 3.05) is 6.26 Å².